The topological polar surface area (TPSA) is 0 Å². The van der Waals surface area contributed by atoms with E-state index >= 15 is 0 Å². The molecule has 0 aliphatic carbocycles. The summed E-state index contributed by atoms with van der Waals surface area (Å²) in [5, 5.41) is 0.320. The van der Waals surface area contributed by atoms with Crippen LogP contribution in [0, 0.1) is 5.41 Å². The van der Waals surface area contributed by atoms with Crippen LogP contribution in [0.3, 0.4) is 0 Å². The predicted octanol–water partition coefficient (Wildman–Crippen LogP) is 3.38. The van der Waals surface area contributed by atoms with E-state index in [2.05, 4.69) is 59.4 Å². The highest BCUT2D eigenvalue weighted by atomic mass is 32.1. The molecule has 0 saturated carbocycles. The number of hydrogen-bond donors (Lipinski definition) is 1. The molecule has 0 fully saturated rings. The normalized spacial score (nSPS) is 21.7. The number of rotatable bonds is 1. The maximum absolute atomic E-state index is 4.52. The van der Waals surface area contributed by atoms with Gasteiger partial charge in [0.2, 0.25) is 0 Å². The molecule has 13 heavy (non-hydrogen) atoms. The third-order valence-electron chi connectivity index (χ3n) is 2.36. The molecule has 2 heteroatoms. The Morgan fingerprint density at radius 3 is 2.15 bits per heavy atom. The average molecular weight is 194 g/mol. The molecule has 1 heterocycles. The second-order valence-corrected chi connectivity index (χ2v) is 6.08. The smallest absolute Gasteiger partial charge is 0.149 e. The van der Waals surface area contributed by atoms with E-state index in [1.54, 1.807) is 0 Å². The molecular formula is C11H19BS. The van der Waals surface area contributed by atoms with Gasteiger partial charge in [-0.2, -0.15) is 0 Å². The first-order chi connectivity index (χ1) is 5.72. The van der Waals surface area contributed by atoms with Crippen LogP contribution in [-0.2, 0) is 0 Å². The molecule has 72 valence electrons. The van der Waals surface area contributed by atoms with Gasteiger partial charge < -0.3 is 0 Å². The van der Waals surface area contributed by atoms with Crippen LogP contribution in [0.1, 0.15) is 34.6 Å². The van der Waals surface area contributed by atoms with Crippen LogP contribution in [0.5, 0.6) is 0 Å². The zero-order chi connectivity index (χ0) is 10.3. The molecule has 1 aliphatic heterocycles. The van der Waals surface area contributed by atoms with Crippen molar-refractivity contribution in [2.45, 2.75) is 39.9 Å². The van der Waals surface area contributed by atoms with Crippen LogP contribution in [-0.4, -0.2) is 7.28 Å². The lowest BCUT2D eigenvalue weighted by molar-refractivity contribution is 0.544. The second kappa shape index (κ2) is 3.23. The van der Waals surface area contributed by atoms with Gasteiger partial charge in [0.15, 0.2) is 7.28 Å². The number of hydrogen-bond acceptors (Lipinski definition) is 1. The Hall–Kier alpha value is -0.105. The monoisotopic (exact) mass is 194 g/mol. The molecule has 0 aromatic heterocycles. The molecule has 0 amide bonds. The van der Waals surface area contributed by atoms with E-state index in [1.807, 2.05) is 0 Å². The van der Waals surface area contributed by atoms with Crippen LogP contribution >= 0.6 is 12.6 Å². The Labute approximate surface area is 88.1 Å². The number of allylic oxidation sites excluding steroid dienone is 4. The van der Waals surface area contributed by atoms with E-state index in [0.717, 1.165) is 0 Å². The first-order valence-electron chi connectivity index (χ1n) is 4.84. The molecule has 0 nitrogen and oxygen atoms in total. The van der Waals surface area contributed by atoms with Crippen LogP contribution < -0.4 is 0 Å². The van der Waals surface area contributed by atoms with E-state index < -0.39 is 0 Å². The predicted molar refractivity (Wildman–Crippen MR) is 65.8 cm³/mol. The zero-order valence-corrected chi connectivity index (χ0v) is 10.2. The Kier molecular flexibility index (Phi) is 2.73. The SMILES string of the molecule is CC(C)(C)/C=C/C1=C(S)C(C)(C)B1. The van der Waals surface area contributed by atoms with Crippen molar-refractivity contribution in [2.24, 2.45) is 5.41 Å². The van der Waals surface area contributed by atoms with Crippen molar-refractivity contribution in [3.63, 3.8) is 0 Å². The third-order valence-corrected chi connectivity index (χ3v) is 3.25. The van der Waals surface area contributed by atoms with Gasteiger partial charge in [-0.1, -0.05) is 52.2 Å². The molecule has 0 spiro atoms. The van der Waals surface area contributed by atoms with E-state index in [4.69, 9.17) is 0 Å². The highest BCUT2D eigenvalue weighted by molar-refractivity contribution is 7.85. The maximum atomic E-state index is 4.52. The molecule has 1 aliphatic rings. The van der Waals surface area contributed by atoms with Crippen molar-refractivity contribution in [1.29, 1.82) is 0 Å². The average Bonchev–Trinajstić information content (AvgIpc) is 1.95. The van der Waals surface area contributed by atoms with Crippen LogP contribution in [0.2, 0.25) is 5.31 Å². The second-order valence-electron chi connectivity index (χ2n) is 5.63. The molecule has 0 aromatic rings. The third kappa shape index (κ3) is 2.67. The van der Waals surface area contributed by atoms with Gasteiger partial charge in [0.1, 0.15) is 0 Å². The first kappa shape index (κ1) is 11.0. The van der Waals surface area contributed by atoms with Crippen molar-refractivity contribution in [3.05, 3.63) is 22.5 Å². The fraction of sp³-hybridized carbons (Fsp3) is 0.636. The van der Waals surface area contributed by atoms with Crippen LogP contribution in [0.25, 0.3) is 0 Å². The van der Waals surface area contributed by atoms with Gasteiger partial charge in [0.05, 0.1) is 0 Å². The lowest BCUT2D eigenvalue weighted by Crippen LogP contribution is -2.27. The summed E-state index contributed by atoms with van der Waals surface area (Å²) in [7, 11) is 1.17. The number of thiol groups is 1. The van der Waals surface area contributed by atoms with Gasteiger partial charge in [0, 0.05) is 0 Å². The van der Waals surface area contributed by atoms with Crippen molar-refractivity contribution in [2.75, 3.05) is 0 Å². The lowest BCUT2D eigenvalue weighted by atomic mass is 9.40. The summed E-state index contributed by atoms with van der Waals surface area (Å²) >= 11 is 4.52. The molecule has 1 rings (SSSR count). The fourth-order valence-electron chi connectivity index (χ4n) is 1.46. The van der Waals surface area contributed by atoms with Crippen molar-refractivity contribution in [1.82, 2.24) is 0 Å². The first-order valence-corrected chi connectivity index (χ1v) is 5.29. The van der Waals surface area contributed by atoms with Crippen molar-refractivity contribution in [3.8, 4) is 0 Å². The van der Waals surface area contributed by atoms with Gasteiger partial charge in [-0.25, -0.2) is 0 Å². The minimum absolute atomic E-state index is 0.279. The summed E-state index contributed by atoms with van der Waals surface area (Å²) in [5.74, 6) is 0. The molecule has 0 saturated heterocycles. The van der Waals surface area contributed by atoms with E-state index in [0.29, 0.717) is 5.31 Å². The van der Waals surface area contributed by atoms with Crippen molar-refractivity contribution < 1.29 is 0 Å². The fourth-order valence-corrected chi connectivity index (χ4v) is 1.69. The Morgan fingerprint density at radius 2 is 1.85 bits per heavy atom. The zero-order valence-electron chi connectivity index (χ0n) is 9.31. The molecule has 0 unspecified atom stereocenters. The maximum Gasteiger partial charge on any atom is 0.170 e. The molecule has 0 radical (unpaired) electrons. The Bertz CT molecular complexity index is 266. The van der Waals surface area contributed by atoms with Gasteiger partial charge in [-0.15, -0.1) is 12.6 Å². The van der Waals surface area contributed by atoms with Gasteiger partial charge in [-0.3, -0.25) is 0 Å². The van der Waals surface area contributed by atoms with Crippen molar-refractivity contribution >= 4 is 19.9 Å². The van der Waals surface area contributed by atoms with Gasteiger partial charge in [-0.05, 0) is 15.6 Å². The van der Waals surface area contributed by atoms with E-state index in [1.165, 1.54) is 17.7 Å². The Balaban J connectivity index is 2.70. The molecule has 0 atom stereocenters. The molecular weight excluding hydrogens is 175 g/mol. The molecule has 0 bridgehead atoms. The quantitative estimate of drug-likeness (QED) is 0.480. The van der Waals surface area contributed by atoms with Gasteiger partial charge in [0.25, 0.3) is 0 Å². The highest BCUT2D eigenvalue weighted by Gasteiger charge is 2.34. The Morgan fingerprint density at radius 1 is 1.31 bits per heavy atom. The minimum Gasteiger partial charge on any atom is -0.149 e. The summed E-state index contributed by atoms with van der Waals surface area (Å²) in [6.45, 7) is 11.1. The summed E-state index contributed by atoms with van der Waals surface area (Å²) < 4.78 is 0. The largest absolute Gasteiger partial charge is 0.170 e. The summed E-state index contributed by atoms with van der Waals surface area (Å²) in [5.41, 5.74) is 1.68. The highest BCUT2D eigenvalue weighted by Crippen LogP contribution is 2.48. The summed E-state index contributed by atoms with van der Waals surface area (Å²) in [6.07, 6.45) is 4.49. The van der Waals surface area contributed by atoms with E-state index in [-0.39, 0.29) is 5.41 Å². The van der Waals surface area contributed by atoms with E-state index in [9.17, 15) is 0 Å². The standard InChI is InChI=1S/C11H19BS/c1-10(2,3)7-6-8-9(13)11(4,5)12-8/h6-7,12-13H,1-5H3/b7-6+. The summed E-state index contributed by atoms with van der Waals surface area (Å²) in [4.78, 5) is 1.26. The molecule has 0 N–H and O–H groups in total. The summed E-state index contributed by atoms with van der Waals surface area (Å²) in [6, 6.07) is 0. The lowest BCUT2D eigenvalue weighted by Gasteiger charge is -2.36. The van der Waals surface area contributed by atoms with Crippen LogP contribution in [0.15, 0.2) is 22.5 Å². The van der Waals surface area contributed by atoms with Crippen LogP contribution in [0.4, 0.5) is 0 Å². The minimum atomic E-state index is 0.279. The molecule has 0 aromatic carbocycles. The van der Waals surface area contributed by atoms with Gasteiger partial charge >= 0.3 is 0 Å².